The van der Waals surface area contributed by atoms with Crippen molar-refractivity contribution in [3.63, 3.8) is 0 Å². The summed E-state index contributed by atoms with van der Waals surface area (Å²) in [6.07, 6.45) is 0. The first kappa shape index (κ1) is 13.3. The van der Waals surface area contributed by atoms with E-state index < -0.39 is 0 Å². The standard InChI is InChI=1S/C17H19NO/c1-12-8-7-11-16(19)17(12)14(3)18-13(2)15-9-5-4-6-10-15/h4-11,13,19H,1-3H3/t13-/m1/s1. The number of hydrogen-bond acceptors (Lipinski definition) is 2. The van der Waals surface area contributed by atoms with Gasteiger partial charge in [-0.25, -0.2) is 0 Å². The van der Waals surface area contributed by atoms with Gasteiger partial charge in [-0.1, -0.05) is 42.5 Å². The lowest BCUT2D eigenvalue weighted by molar-refractivity contribution is 0.473. The SMILES string of the molecule is CC(=N[C@H](C)c1ccccc1)c1c(C)cccc1O. The van der Waals surface area contributed by atoms with Crippen LogP contribution in [0.4, 0.5) is 0 Å². The molecule has 0 aliphatic rings. The Morgan fingerprint density at radius 3 is 2.37 bits per heavy atom. The van der Waals surface area contributed by atoms with Crippen LogP contribution < -0.4 is 0 Å². The molecule has 19 heavy (non-hydrogen) atoms. The largest absolute Gasteiger partial charge is 0.507 e. The van der Waals surface area contributed by atoms with Crippen molar-refractivity contribution in [1.29, 1.82) is 0 Å². The molecule has 0 aliphatic carbocycles. The zero-order valence-electron chi connectivity index (χ0n) is 11.6. The Kier molecular flexibility index (Phi) is 4.00. The van der Waals surface area contributed by atoms with Gasteiger partial charge >= 0.3 is 0 Å². The van der Waals surface area contributed by atoms with E-state index >= 15 is 0 Å². The summed E-state index contributed by atoms with van der Waals surface area (Å²) in [4.78, 5) is 4.70. The van der Waals surface area contributed by atoms with Crippen LogP contribution in [0.25, 0.3) is 0 Å². The molecule has 0 bridgehead atoms. The van der Waals surface area contributed by atoms with Crippen LogP contribution in [-0.2, 0) is 0 Å². The maximum absolute atomic E-state index is 9.96. The molecule has 1 atom stereocenters. The minimum Gasteiger partial charge on any atom is -0.507 e. The topological polar surface area (TPSA) is 32.6 Å². The van der Waals surface area contributed by atoms with Gasteiger partial charge in [-0.15, -0.1) is 0 Å². The third-order valence-electron chi connectivity index (χ3n) is 3.28. The van der Waals surface area contributed by atoms with Gasteiger partial charge in [0.15, 0.2) is 0 Å². The van der Waals surface area contributed by atoms with Crippen molar-refractivity contribution in [3.8, 4) is 5.75 Å². The smallest absolute Gasteiger partial charge is 0.124 e. The van der Waals surface area contributed by atoms with Crippen molar-refractivity contribution in [2.45, 2.75) is 26.8 Å². The van der Waals surface area contributed by atoms with E-state index in [1.54, 1.807) is 6.07 Å². The quantitative estimate of drug-likeness (QED) is 0.814. The summed E-state index contributed by atoms with van der Waals surface area (Å²) < 4.78 is 0. The molecule has 98 valence electrons. The minimum absolute atomic E-state index is 0.0835. The number of aromatic hydroxyl groups is 1. The van der Waals surface area contributed by atoms with Crippen LogP contribution in [0, 0.1) is 6.92 Å². The van der Waals surface area contributed by atoms with Crippen molar-refractivity contribution >= 4 is 5.71 Å². The normalized spacial score (nSPS) is 13.3. The number of aryl methyl sites for hydroxylation is 1. The third-order valence-corrected chi connectivity index (χ3v) is 3.28. The number of aliphatic imine (C=N–C) groups is 1. The van der Waals surface area contributed by atoms with Gasteiger partial charge < -0.3 is 5.11 Å². The molecule has 2 nitrogen and oxygen atoms in total. The Morgan fingerprint density at radius 1 is 1.05 bits per heavy atom. The van der Waals surface area contributed by atoms with E-state index in [9.17, 15) is 5.11 Å². The lowest BCUT2D eigenvalue weighted by Crippen LogP contribution is -2.01. The Bertz CT molecular complexity index is 567. The molecule has 0 aliphatic heterocycles. The summed E-state index contributed by atoms with van der Waals surface area (Å²) in [7, 11) is 0. The molecule has 2 aromatic rings. The van der Waals surface area contributed by atoms with Gasteiger partial charge in [0.2, 0.25) is 0 Å². The van der Waals surface area contributed by atoms with Crippen LogP contribution in [0.1, 0.15) is 36.6 Å². The number of nitrogens with zero attached hydrogens (tertiary/aromatic N) is 1. The van der Waals surface area contributed by atoms with Crippen LogP contribution in [0.2, 0.25) is 0 Å². The van der Waals surface area contributed by atoms with Gasteiger partial charge in [-0.3, -0.25) is 4.99 Å². The van der Waals surface area contributed by atoms with Gasteiger partial charge in [-0.05, 0) is 38.0 Å². The summed E-state index contributed by atoms with van der Waals surface area (Å²) in [5.74, 6) is 0.293. The summed E-state index contributed by atoms with van der Waals surface area (Å²) >= 11 is 0. The highest BCUT2D eigenvalue weighted by molar-refractivity contribution is 6.02. The fourth-order valence-corrected chi connectivity index (χ4v) is 2.28. The third kappa shape index (κ3) is 3.02. The second-order valence-corrected chi connectivity index (χ2v) is 4.77. The first-order valence-corrected chi connectivity index (χ1v) is 6.48. The second-order valence-electron chi connectivity index (χ2n) is 4.77. The lowest BCUT2D eigenvalue weighted by atomic mass is 10.0. The van der Waals surface area contributed by atoms with Gasteiger partial charge in [0.05, 0.1) is 6.04 Å². The zero-order valence-corrected chi connectivity index (χ0v) is 11.6. The highest BCUT2D eigenvalue weighted by Crippen LogP contribution is 2.24. The predicted molar refractivity (Wildman–Crippen MR) is 79.9 cm³/mol. The predicted octanol–water partition coefficient (Wildman–Crippen LogP) is 4.27. The Balaban J connectivity index is 2.34. The Hall–Kier alpha value is -2.09. The van der Waals surface area contributed by atoms with Crippen LogP contribution in [-0.4, -0.2) is 10.8 Å². The van der Waals surface area contributed by atoms with Crippen LogP contribution in [0.3, 0.4) is 0 Å². The first-order valence-electron chi connectivity index (χ1n) is 6.48. The Morgan fingerprint density at radius 2 is 1.74 bits per heavy atom. The van der Waals surface area contributed by atoms with Crippen LogP contribution >= 0.6 is 0 Å². The summed E-state index contributed by atoms with van der Waals surface area (Å²) in [6.45, 7) is 6.00. The molecule has 2 rings (SSSR count). The van der Waals surface area contributed by atoms with Gasteiger partial charge in [-0.2, -0.15) is 0 Å². The Labute approximate surface area is 114 Å². The molecule has 0 fully saturated rings. The zero-order chi connectivity index (χ0) is 13.8. The number of rotatable bonds is 3. The molecule has 0 unspecified atom stereocenters. The second kappa shape index (κ2) is 5.70. The summed E-state index contributed by atoms with van der Waals surface area (Å²) in [6, 6.07) is 15.8. The molecule has 2 heteroatoms. The van der Waals surface area contributed by atoms with E-state index in [4.69, 9.17) is 4.99 Å². The number of phenols is 1. The van der Waals surface area contributed by atoms with Gasteiger partial charge in [0, 0.05) is 11.3 Å². The van der Waals surface area contributed by atoms with E-state index in [1.807, 2.05) is 44.2 Å². The van der Waals surface area contributed by atoms with Gasteiger partial charge in [0.25, 0.3) is 0 Å². The molecule has 0 aromatic heterocycles. The van der Waals surface area contributed by atoms with E-state index in [2.05, 4.69) is 19.1 Å². The van der Waals surface area contributed by atoms with Crippen molar-refractivity contribution in [2.24, 2.45) is 4.99 Å². The average Bonchev–Trinajstić information content (AvgIpc) is 2.39. The van der Waals surface area contributed by atoms with E-state index in [0.717, 1.165) is 16.8 Å². The molecule has 0 spiro atoms. The van der Waals surface area contributed by atoms with Crippen LogP contribution in [0.15, 0.2) is 53.5 Å². The van der Waals surface area contributed by atoms with E-state index in [1.165, 1.54) is 5.56 Å². The van der Waals surface area contributed by atoms with Crippen molar-refractivity contribution < 1.29 is 5.11 Å². The van der Waals surface area contributed by atoms with Crippen molar-refractivity contribution in [3.05, 3.63) is 65.2 Å². The van der Waals surface area contributed by atoms with Gasteiger partial charge in [0.1, 0.15) is 5.75 Å². The highest BCUT2D eigenvalue weighted by atomic mass is 16.3. The highest BCUT2D eigenvalue weighted by Gasteiger charge is 2.10. The maximum atomic E-state index is 9.96. The average molecular weight is 253 g/mol. The first-order chi connectivity index (χ1) is 9.09. The molecular formula is C17H19NO. The van der Waals surface area contributed by atoms with Crippen molar-refractivity contribution in [2.75, 3.05) is 0 Å². The molecule has 0 saturated heterocycles. The van der Waals surface area contributed by atoms with Crippen molar-refractivity contribution in [1.82, 2.24) is 0 Å². The van der Waals surface area contributed by atoms with E-state index in [0.29, 0.717) is 5.75 Å². The summed E-state index contributed by atoms with van der Waals surface area (Å²) in [5, 5.41) is 9.96. The fraction of sp³-hybridized carbons (Fsp3) is 0.235. The van der Waals surface area contributed by atoms with Crippen LogP contribution in [0.5, 0.6) is 5.75 Å². The molecule has 2 aromatic carbocycles. The number of phenolic OH excluding ortho intramolecular Hbond substituents is 1. The molecule has 0 radical (unpaired) electrons. The molecule has 0 saturated carbocycles. The summed E-state index contributed by atoms with van der Waals surface area (Å²) in [5.41, 5.74) is 3.92. The monoisotopic (exact) mass is 253 g/mol. The maximum Gasteiger partial charge on any atom is 0.124 e. The fourth-order valence-electron chi connectivity index (χ4n) is 2.28. The lowest BCUT2D eigenvalue weighted by Gasteiger charge is -2.12. The number of benzene rings is 2. The molecule has 1 N–H and O–H groups in total. The minimum atomic E-state index is 0.0835. The van der Waals surface area contributed by atoms with E-state index in [-0.39, 0.29) is 6.04 Å². The molecular weight excluding hydrogens is 234 g/mol. The molecule has 0 heterocycles. The molecule has 0 amide bonds. The number of hydrogen-bond donors (Lipinski definition) is 1.